The Kier molecular flexibility index (Phi) is 10.5. The fourth-order valence-corrected chi connectivity index (χ4v) is 3.17. The number of pyridine rings is 1. The van der Waals surface area contributed by atoms with Crippen LogP contribution in [0.3, 0.4) is 0 Å². The van der Waals surface area contributed by atoms with E-state index in [1.807, 2.05) is 12.3 Å². The zero-order valence-corrected chi connectivity index (χ0v) is 18.9. The van der Waals surface area contributed by atoms with Crippen molar-refractivity contribution in [2.45, 2.75) is 38.8 Å². The topological polar surface area (TPSA) is 67.8 Å². The summed E-state index contributed by atoms with van der Waals surface area (Å²) in [5, 5.41) is 7.81. The second-order valence-electron chi connectivity index (χ2n) is 6.68. The van der Waals surface area contributed by atoms with E-state index < -0.39 is 0 Å². The minimum Gasteiger partial charge on any atom is -0.379 e. The molecule has 0 spiro atoms. The SMILES string of the molecule is CCNC(=NCc1cccc2cccnc12)NCCCOCC1CCCO1.I. The number of aliphatic imine (C=N–C) groups is 1. The van der Waals surface area contributed by atoms with Gasteiger partial charge < -0.3 is 20.1 Å². The van der Waals surface area contributed by atoms with Crippen molar-refractivity contribution in [3.8, 4) is 0 Å². The van der Waals surface area contributed by atoms with Gasteiger partial charge in [-0.2, -0.15) is 0 Å². The number of benzene rings is 1. The molecular weight excluding hydrogens is 467 g/mol. The Bertz CT molecular complexity index is 730. The van der Waals surface area contributed by atoms with Gasteiger partial charge in [-0.3, -0.25) is 4.98 Å². The molecule has 7 heteroatoms. The highest BCUT2D eigenvalue weighted by atomic mass is 127. The molecule has 1 unspecified atom stereocenters. The maximum atomic E-state index is 5.70. The third-order valence-corrected chi connectivity index (χ3v) is 4.55. The van der Waals surface area contributed by atoms with Gasteiger partial charge in [-0.1, -0.05) is 24.3 Å². The summed E-state index contributed by atoms with van der Waals surface area (Å²) in [6, 6.07) is 10.3. The van der Waals surface area contributed by atoms with E-state index >= 15 is 0 Å². The average Bonchev–Trinajstić information content (AvgIpc) is 3.22. The van der Waals surface area contributed by atoms with Crippen LogP contribution in [-0.2, 0) is 16.0 Å². The molecule has 1 aromatic heterocycles. The summed E-state index contributed by atoms with van der Waals surface area (Å²) >= 11 is 0. The van der Waals surface area contributed by atoms with Crippen molar-refractivity contribution in [3.05, 3.63) is 42.1 Å². The lowest BCUT2D eigenvalue weighted by molar-refractivity contribution is 0.0168. The van der Waals surface area contributed by atoms with Crippen LogP contribution in [0.4, 0.5) is 0 Å². The van der Waals surface area contributed by atoms with Gasteiger partial charge in [-0.15, -0.1) is 24.0 Å². The summed E-state index contributed by atoms with van der Waals surface area (Å²) in [5.41, 5.74) is 2.15. The lowest BCUT2D eigenvalue weighted by atomic mass is 10.1. The van der Waals surface area contributed by atoms with E-state index in [1.165, 1.54) is 0 Å². The third kappa shape index (κ3) is 7.18. The van der Waals surface area contributed by atoms with Crippen LogP contribution in [-0.4, -0.2) is 50.0 Å². The molecule has 2 aromatic rings. The van der Waals surface area contributed by atoms with Crippen LogP contribution in [0, 0.1) is 0 Å². The summed E-state index contributed by atoms with van der Waals surface area (Å²) in [6.45, 7) is 6.65. The van der Waals surface area contributed by atoms with E-state index in [0.717, 1.165) is 68.0 Å². The van der Waals surface area contributed by atoms with Crippen LogP contribution in [0.2, 0.25) is 0 Å². The van der Waals surface area contributed by atoms with Crippen molar-refractivity contribution in [2.24, 2.45) is 4.99 Å². The van der Waals surface area contributed by atoms with Crippen molar-refractivity contribution < 1.29 is 9.47 Å². The van der Waals surface area contributed by atoms with Crippen LogP contribution in [0.1, 0.15) is 31.7 Å². The van der Waals surface area contributed by atoms with Crippen LogP contribution in [0.5, 0.6) is 0 Å². The maximum Gasteiger partial charge on any atom is 0.191 e. The highest BCUT2D eigenvalue weighted by Crippen LogP contribution is 2.16. The Morgan fingerprint density at radius 3 is 3.00 bits per heavy atom. The molecule has 6 nitrogen and oxygen atoms in total. The molecule has 0 radical (unpaired) electrons. The lowest BCUT2D eigenvalue weighted by Gasteiger charge is -2.13. The molecule has 28 heavy (non-hydrogen) atoms. The van der Waals surface area contributed by atoms with Gasteiger partial charge >= 0.3 is 0 Å². The summed E-state index contributed by atoms with van der Waals surface area (Å²) in [7, 11) is 0. The first-order valence-electron chi connectivity index (χ1n) is 9.91. The Balaban J connectivity index is 0.00000280. The first-order chi connectivity index (χ1) is 13.4. The van der Waals surface area contributed by atoms with Gasteiger partial charge in [0.2, 0.25) is 0 Å². The van der Waals surface area contributed by atoms with Gasteiger partial charge in [0.25, 0.3) is 0 Å². The second-order valence-corrected chi connectivity index (χ2v) is 6.68. The van der Waals surface area contributed by atoms with Gasteiger partial charge in [0.05, 0.1) is 24.8 Å². The Labute approximate surface area is 184 Å². The normalized spacial score (nSPS) is 16.8. The fraction of sp³-hybridized carbons (Fsp3) is 0.524. The smallest absolute Gasteiger partial charge is 0.191 e. The molecule has 1 aliphatic heterocycles. The number of rotatable bonds is 9. The monoisotopic (exact) mass is 498 g/mol. The molecule has 2 N–H and O–H groups in total. The molecule has 0 aliphatic carbocycles. The van der Waals surface area contributed by atoms with E-state index in [2.05, 4.69) is 46.8 Å². The number of nitrogens with zero attached hydrogens (tertiary/aromatic N) is 2. The van der Waals surface area contributed by atoms with Crippen LogP contribution >= 0.6 is 24.0 Å². The predicted molar refractivity (Wildman–Crippen MR) is 124 cm³/mol. The Hall–Kier alpha value is -1.45. The molecule has 1 saturated heterocycles. The van der Waals surface area contributed by atoms with E-state index in [0.29, 0.717) is 19.3 Å². The van der Waals surface area contributed by atoms with Crippen molar-refractivity contribution in [3.63, 3.8) is 0 Å². The van der Waals surface area contributed by atoms with Crippen LogP contribution in [0.25, 0.3) is 10.9 Å². The molecular formula is C21H31IN4O2. The highest BCUT2D eigenvalue weighted by molar-refractivity contribution is 14.0. The number of halogens is 1. The number of hydrogen-bond donors (Lipinski definition) is 2. The van der Waals surface area contributed by atoms with Crippen LogP contribution < -0.4 is 10.6 Å². The van der Waals surface area contributed by atoms with Crippen LogP contribution in [0.15, 0.2) is 41.5 Å². The molecule has 0 saturated carbocycles. The number of fused-ring (bicyclic) bond motifs is 1. The Morgan fingerprint density at radius 2 is 2.18 bits per heavy atom. The summed E-state index contributed by atoms with van der Waals surface area (Å²) < 4.78 is 11.3. The molecule has 0 amide bonds. The molecule has 3 rings (SSSR count). The number of ether oxygens (including phenoxy) is 2. The standard InChI is InChI=1S/C21H30N4O2.HI/c1-2-22-21(24-12-6-13-26-16-19-10-5-14-27-19)25-15-18-8-3-7-17-9-4-11-23-20(17)18;/h3-4,7-9,11,19H,2,5-6,10,12-16H2,1H3,(H2,22,24,25);1H. The quantitative estimate of drug-likeness (QED) is 0.240. The van der Waals surface area contributed by atoms with E-state index in [9.17, 15) is 0 Å². The second kappa shape index (κ2) is 12.9. The zero-order valence-electron chi connectivity index (χ0n) is 16.5. The number of hydrogen-bond acceptors (Lipinski definition) is 4. The zero-order chi connectivity index (χ0) is 18.7. The molecule has 1 aliphatic rings. The first kappa shape index (κ1) is 22.8. The van der Waals surface area contributed by atoms with Gasteiger partial charge in [0.1, 0.15) is 0 Å². The van der Waals surface area contributed by atoms with E-state index in [4.69, 9.17) is 14.5 Å². The van der Waals surface area contributed by atoms with Gasteiger partial charge in [0.15, 0.2) is 5.96 Å². The third-order valence-electron chi connectivity index (χ3n) is 4.55. The fourth-order valence-electron chi connectivity index (χ4n) is 3.17. The van der Waals surface area contributed by atoms with E-state index in [-0.39, 0.29) is 24.0 Å². The molecule has 2 heterocycles. The summed E-state index contributed by atoms with van der Waals surface area (Å²) in [5.74, 6) is 0.824. The average molecular weight is 498 g/mol. The minimum atomic E-state index is 0. The number of nitrogens with one attached hydrogen (secondary N) is 2. The number of aromatic nitrogens is 1. The lowest BCUT2D eigenvalue weighted by Crippen LogP contribution is -2.38. The van der Waals surface area contributed by atoms with Crippen molar-refractivity contribution >= 4 is 40.8 Å². The Morgan fingerprint density at radius 1 is 1.29 bits per heavy atom. The van der Waals surface area contributed by atoms with Crippen molar-refractivity contribution in [1.82, 2.24) is 15.6 Å². The molecule has 1 atom stereocenters. The molecule has 1 aromatic carbocycles. The summed E-state index contributed by atoms with van der Waals surface area (Å²) in [6.07, 6.45) is 5.34. The number of para-hydroxylation sites is 1. The van der Waals surface area contributed by atoms with E-state index in [1.54, 1.807) is 0 Å². The maximum absolute atomic E-state index is 5.70. The van der Waals surface area contributed by atoms with Gasteiger partial charge in [-0.05, 0) is 37.8 Å². The molecule has 154 valence electrons. The molecule has 0 bridgehead atoms. The summed E-state index contributed by atoms with van der Waals surface area (Å²) in [4.78, 5) is 9.21. The molecule has 1 fully saturated rings. The van der Waals surface area contributed by atoms with Gasteiger partial charge in [0, 0.05) is 37.9 Å². The highest BCUT2D eigenvalue weighted by Gasteiger charge is 2.14. The predicted octanol–water partition coefficient (Wildman–Crippen LogP) is 3.49. The van der Waals surface area contributed by atoms with Crippen molar-refractivity contribution in [1.29, 1.82) is 0 Å². The first-order valence-corrected chi connectivity index (χ1v) is 9.91. The van der Waals surface area contributed by atoms with Gasteiger partial charge in [-0.25, -0.2) is 4.99 Å². The largest absolute Gasteiger partial charge is 0.379 e. The minimum absolute atomic E-state index is 0. The number of guanidine groups is 1. The van der Waals surface area contributed by atoms with Crippen molar-refractivity contribution in [2.75, 3.05) is 32.9 Å².